The Morgan fingerprint density at radius 3 is 3.04 bits per heavy atom. The van der Waals surface area contributed by atoms with E-state index < -0.39 is 0 Å². The lowest BCUT2D eigenvalue weighted by Gasteiger charge is -2.33. The van der Waals surface area contributed by atoms with Crippen molar-refractivity contribution in [2.45, 2.75) is 30.6 Å². The summed E-state index contributed by atoms with van der Waals surface area (Å²) in [5.41, 5.74) is 1.73. The number of amides is 1. The number of piperidine rings is 1. The number of likely N-dealkylation sites (tertiary alicyclic amines) is 1. The van der Waals surface area contributed by atoms with Crippen molar-refractivity contribution in [2.24, 2.45) is 0 Å². The molecular weight excluding hydrogens is 322 g/mol. The fourth-order valence-corrected chi connectivity index (χ4v) is 3.38. The summed E-state index contributed by atoms with van der Waals surface area (Å²) in [5.74, 6) is 0.0436. The number of pyridine rings is 2. The number of hydrogen-bond acceptors (Lipinski definition) is 5. The SMILES string of the molecule is CSc1ncccc1C(=O)N1CCC[C@H](OCc2cccnc2)C1. The molecule has 1 fully saturated rings. The number of thioether (sulfide) groups is 1. The topological polar surface area (TPSA) is 55.3 Å². The van der Waals surface area contributed by atoms with E-state index in [1.165, 1.54) is 11.8 Å². The number of ether oxygens (including phenoxy) is 1. The van der Waals surface area contributed by atoms with Gasteiger partial charge in [0.05, 0.1) is 18.3 Å². The van der Waals surface area contributed by atoms with E-state index in [2.05, 4.69) is 9.97 Å². The van der Waals surface area contributed by atoms with Crippen molar-refractivity contribution < 1.29 is 9.53 Å². The predicted molar refractivity (Wildman–Crippen MR) is 94.0 cm³/mol. The summed E-state index contributed by atoms with van der Waals surface area (Å²) in [4.78, 5) is 23.1. The zero-order valence-electron chi connectivity index (χ0n) is 13.7. The molecule has 1 amide bonds. The molecule has 1 aliphatic heterocycles. The summed E-state index contributed by atoms with van der Waals surface area (Å²) in [6, 6.07) is 7.56. The molecule has 0 unspecified atom stereocenters. The molecule has 3 rings (SSSR count). The molecular formula is C18H21N3O2S. The molecule has 1 saturated heterocycles. The van der Waals surface area contributed by atoms with E-state index >= 15 is 0 Å². The highest BCUT2D eigenvalue weighted by molar-refractivity contribution is 7.98. The first-order valence-corrected chi connectivity index (χ1v) is 9.29. The molecule has 3 heterocycles. The molecule has 0 bridgehead atoms. The average Bonchev–Trinajstić information content (AvgIpc) is 2.67. The summed E-state index contributed by atoms with van der Waals surface area (Å²) in [6.45, 7) is 1.93. The van der Waals surface area contributed by atoms with Gasteiger partial charge < -0.3 is 9.64 Å². The Hall–Kier alpha value is -1.92. The highest BCUT2D eigenvalue weighted by Gasteiger charge is 2.26. The minimum Gasteiger partial charge on any atom is -0.372 e. The first kappa shape index (κ1) is 16.9. The van der Waals surface area contributed by atoms with Gasteiger partial charge >= 0.3 is 0 Å². The Morgan fingerprint density at radius 1 is 1.38 bits per heavy atom. The first-order valence-electron chi connectivity index (χ1n) is 8.06. The van der Waals surface area contributed by atoms with Gasteiger partial charge in [-0.3, -0.25) is 9.78 Å². The smallest absolute Gasteiger partial charge is 0.256 e. The molecule has 24 heavy (non-hydrogen) atoms. The van der Waals surface area contributed by atoms with Crippen LogP contribution in [0.4, 0.5) is 0 Å². The van der Waals surface area contributed by atoms with Crippen molar-refractivity contribution in [3.63, 3.8) is 0 Å². The minimum absolute atomic E-state index is 0.0436. The molecule has 2 aromatic heterocycles. The fourth-order valence-electron chi connectivity index (χ4n) is 2.84. The second kappa shape index (κ2) is 8.26. The Labute approximate surface area is 146 Å². The maximum atomic E-state index is 12.8. The van der Waals surface area contributed by atoms with Crippen LogP contribution in [0.3, 0.4) is 0 Å². The molecule has 2 aromatic rings. The van der Waals surface area contributed by atoms with Crippen LogP contribution in [0.25, 0.3) is 0 Å². The number of carbonyl (C=O) groups excluding carboxylic acids is 1. The Kier molecular flexibility index (Phi) is 5.82. The van der Waals surface area contributed by atoms with Crippen LogP contribution in [-0.4, -0.2) is 46.2 Å². The minimum atomic E-state index is 0.0436. The van der Waals surface area contributed by atoms with Gasteiger partial charge in [-0.1, -0.05) is 6.07 Å². The zero-order chi connectivity index (χ0) is 16.8. The van der Waals surface area contributed by atoms with Crippen LogP contribution in [0.2, 0.25) is 0 Å². The molecule has 0 aliphatic carbocycles. The molecule has 1 aliphatic rings. The van der Waals surface area contributed by atoms with Gasteiger partial charge in [-0.15, -0.1) is 11.8 Å². The average molecular weight is 343 g/mol. The van der Waals surface area contributed by atoms with E-state index in [-0.39, 0.29) is 12.0 Å². The van der Waals surface area contributed by atoms with Crippen molar-refractivity contribution >= 4 is 17.7 Å². The zero-order valence-corrected chi connectivity index (χ0v) is 14.5. The number of hydrogen-bond donors (Lipinski definition) is 0. The van der Waals surface area contributed by atoms with Crippen LogP contribution in [0.15, 0.2) is 47.9 Å². The summed E-state index contributed by atoms with van der Waals surface area (Å²) in [6.07, 6.45) is 9.23. The van der Waals surface area contributed by atoms with Gasteiger partial charge in [-0.2, -0.15) is 0 Å². The van der Waals surface area contributed by atoms with E-state index in [1.807, 2.05) is 41.6 Å². The van der Waals surface area contributed by atoms with Gasteiger partial charge in [-0.25, -0.2) is 4.98 Å². The second-order valence-corrected chi connectivity index (χ2v) is 6.54. The van der Waals surface area contributed by atoms with E-state index in [0.717, 1.165) is 30.0 Å². The number of nitrogens with zero attached hydrogens (tertiary/aromatic N) is 3. The van der Waals surface area contributed by atoms with Crippen molar-refractivity contribution in [2.75, 3.05) is 19.3 Å². The van der Waals surface area contributed by atoms with Crippen LogP contribution in [0.5, 0.6) is 0 Å². The summed E-state index contributed by atoms with van der Waals surface area (Å²) >= 11 is 1.50. The van der Waals surface area contributed by atoms with Gasteiger partial charge in [0.15, 0.2) is 0 Å². The van der Waals surface area contributed by atoms with Gasteiger partial charge in [0.1, 0.15) is 5.03 Å². The van der Waals surface area contributed by atoms with Gasteiger partial charge in [0, 0.05) is 31.7 Å². The largest absolute Gasteiger partial charge is 0.372 e. The third-order valence-corrected chi connectivity index (χ3v) is 4.78. The quantitative estimate of drug-likeness (QED) is 0.781. The first-order chi connectivity index (χ1) is 11.8. The Bertz CT molecular complexity index is 681. The summed E-state index contributed by atoms with van der Waals surface area (Å²) < 4.78 is 5.99. The third-order valence-electron chi connectivity index (χ3n) is 4.07. The molecule has 126 valence electrons. The monoisotopic (exact) mass is 343 g/mol. The van der Waals surface area contributed by atoms with Crippen LogP contribution in [0, 0.1) is 0 Å². The van der Waals surface area contributed by atoms with E-state index in [1.54, 1.807) is 12.4 Å². The van der Waals surface area contributed by atoms with Crippen molar-refractivity contribution in [1.29, 1.82) is 0 Å². The molecule has 5 nitrogen and oxygen atoms in total. The van der Waals surface area contributed by atoms with Crippen LogP contribution in [0.1, 0.15) is 28.8 Å². The third kappa shape index (κ3) is 4.13. The van der Waals surface area contributed by atoms with Crippen molar-refractivity contribution in [3.05, 3.63) is 54.0 Å². The van der Waals surface area contributed by atoms with Gasteiger partial charge in [0.2, 0.25) is 0 Å². The molecule has 0 aromatic carbocycles. The van der Waals surface area contributed by atoms with E-state index in [0.29, 0.717) is 18.7 Å². The van der Waals surface area contributed by atoms with E-state index in [9.17, 15) is 4.79 Å². The molecule has 0 N–H and O–H groups in total. The van der Waals surface area contributed by atoms with Crippen LogP contribution in [-0.2, 0) is 11.3 Å². The van der Waals surface area contributed by atoms with Crippen LogP contribution >= 0.6 is 11.8 Å². The lowest BCUT2D eigenvalue weighted by Crippen LogP contribution is -2.43. The van der Waals surface area contributed by atoms with Gasteiger partial charge in [-0.05, 0) is 42.9 Å². The van der Waals surface area contributed by atoms with Gasteiger partial charge in [0.25, 0.3) is 5.91 Å². The maximum absolute atomic E-state index is 12.8. The predicted octanol–water partition coefficient (Wildman–Crippen LogP) is 3.02. The lowest BCUT2D eigenvalue weighted by atomic mass is 10.1. The van der Waals surface area contributed by atoms with Crippen LogP contribution < -0.4 is 0 Å². The molecule has 0 spiro atoms. The standard InChI is InChI=1S/C18H21N3O2S/c1-24-17-16(7-3-9-20-17)18(22)21-10-4-6-15(12-21)23-13-14-5-2-8-19-11-14/h2-3,5,7-9,11,15H,4,6,10,12-13H2,1H3/t15-/m0/s1. The van der Waals surface area contributed by atoms with Crippen molar-refractivity contribution in [3.8, 4) is 0 Å². The normalized spacial score (nSPS) is 17.7. The fraction of sp³-hybridized carbons (Fsp3) is 0.389. The number of rotatable bonds is 5. The summed E-state index contributed by atoms with van der Waals surface area (Å²) in [7, 11) is 0. The number of carbonyl (C=O) groups is 1. The molecule has 6 heteroatoms. The summed E-state index contributed by atoms with van der Waals surface area (Å²) in [5, 5.41) is 0.779. The molecule has 0 saturated carbocycles. The molecule has 1 atom stereocenters. The highest BCUT2D eigenvalue weighted by atomic mass is 32.2. The molecule has 0 radical (unpaired) electrons. The highest BCUT2D eigenvalue weighted by Crippen LogP contribution is 2.22. The number of aromatic nitrogens is 2. The Morgan fingerprint density at radius 2 is 2.25 bits per heavy atom. The Balaban J connectivity index is 1.61. The maximum Gasteiger partial charge on any atom is 0.256 e. The van der Waals surface area contributed by atoms with Crippen molar-refractivity contribution in [1.82, 2.24) is 14.9 Å². The lowest BCUT2D eigenvalue weighted by molar-refractivity contribution is -0.00693. The van der Waals surface area contributed by atoms with E-state index in [4.69, 9.17) is 4.74 Å². The second-order valence-electron chi connectivity index (χ2n) is 5.75.